The number of carbonyl (C=O) groups excluding carboxylic acids is 2. The smallest absolute Gasteiger partial charge is 0.305 e. The number of aliphatic hydroxyl groups excluding tert-OH is 2. The van der Waals surface area contributed by atoms with Crippen molar-refractivity contribution in [1.82, 2.24) is 5.32 Å². The maximum atomic E-state index is 12.5. The summed E-state index contributed by atoms with van der Waals surface area (Å²) in [5, 5.41) is 23.4. The van der Waals surface area contributed by atoms with Crippen LogP contribution in [-0.4, -0.2) is 47.4 Å². The summed E-state index contributed by atoms with van der Waals surface area (Å²) in [7, 11) is 0. The van der Waals surface area contributed by atoms with Crippen molar-refractivity contribution in [3.05, 3.63) is 24.3 Å². The molecule has 0 spiro atoms. The van der Waals surface area contributed by atoms with Gasteiger partial charge in [0, 0.05) is 12.8 Å². The second kappa shape index (κ2) is 56.9. The van der Waals surface area contributed by atoms with Crippen LogP contribution in [0.1, 0.15) is 328 Å². The summed E-state index contributed by atoms with van der Waals surface area (Å²) >= 11 is 0. The number of amides is 1. The van der Waals surface area contributed by atoms with Crippen LogP contribution in [0, 0.1) is 0 Å². The molecular formula is C61H117NO5. The second-order valence-electron chi connectivity index (χ2n) is 20.7. The van der Waals surface area contributed by atoms with Crippen LogP contribution in [0.2, 0.25) is 0 Å². The second-order valence-corrected chi connectivity index (χ2v) is 20.7. The third-order valence-electron chi connectivity index (χ3n) is 14.0. The Hall–Kier alpha value is -1.66. The molecule has 0 radical (unpaired) electrons. The fraction of sp³-hybridized carbons (Fsp3) is 0.902. The number of ether oxygens (including phenoxy) is 1. The highest BCUT2D eigenvalue weighted by molar-refractivity contribution is 5.76. The van der Waals surface area contributed by atoms with E-state index in [1.807, 2.05) is 0 Å². The Morgan fingerprint density at radius 3 is 1.16 bits per heavy atom. The number of carbonyl (C=O) groups is 2. The van der Waals surface area contributed by atoms with Crippen molar-refractivity contribution in [2.75, 3.05) is 13.2 Å². The van der Waals surface area contributed by atoms with Gasteiger partial charge in [-0.15, -0.1) is 0 Å². The van der Waals surface area contributed by atoms with Crippen molar-refractivity contribution < 1.29 is 24.5 Å². The van der Waals surface area contributed by atoms with Crippen LogP contribution in [0.5, 0.6) is 0 Å². The average molecular weight is 945 g/mol. The van der Waals surface area contributed by atoms with E-state index in [1.54, 1.807) is 0 Å². The molecule has 396 valence electrons. The third-order valence-corrected chi connectivity index (χ3v) is 14.0. The molecule has 0 saturated heterocycles. The zero-order valence-corrected chi connectivity index (χ0v) is 45.1. The molecule has 0 aromatic rings. The van der Waals surface area contributed by atoms with Gasteiger partial charge >= 0.3 is 5.97 Å². The molecule has 3 N–H and O–H groups in total. The van der Waals surface area contributed by atoms with Crippen LogP contribution in [0.25, 0.3) is 0 Å². The van der Waals surface area contributed by atoms with Crippen LogP contribution >= 0.6 is 0 Å². The molecular weight excluding hydrogens is 827 g/mol. The minimum absolute atomic E-state index is 0.0265. The molecule has 0 aliphatic carbocycles. The van der Waals surface area contributed by atoms with Crippen LogP contribution in [0.4, 0.5) is 0 Å². The van der Waals surface area contributed by atoms with Gasteiger partial charge in [0.2, 0.25) is 5.91 Å². The molecule has 0 bridgehead atoms. The molecule has 0 rings (SSSR count). The number of hydrogen-bond acceptors (Lipinski definition) is 5. The number of nitrogens with one attached hydrogen (secondary N) is 1. The molecule has 0 aromatic carbocycles. The summed E-state index contributed by atoms with van der Waals surface area (Å²) in [5.41, 5.74) is 0. The number of hydrogen-bond donors (Lipinski definition) is 3. The molecule has 6 nitrogen and oxygen atoms in total. The zero-order valence-electron chi connectivity index (χ0n) is 45.1. The first-order valence-electron chi connectivity index (χ1n) is 30.1. The molecule has 0 heterocycles. The molecule has 2 unspecified atom stereocenters. The summed E-state index contributed by atoms with van der Waals surface area (Å²) in [4.78, 5) is 24.6. The van der Waals surface area contributed by atoms with E-state index in [9.17, 15) is 19.8 Å². The quantitative estimate of drug-likeness (QED) is 0.0321. The molecule has 0 aliphatic rings. The molecule has 0 saturated carbocycles. The van der Waals surface area contributed by atoms with E-state index in [1.165, 1.54) is 225 Å². The lowest BCUT2D eigenvalue weighted by Gasteiger charge is -2.22. The Bertz CT molecular complexity index is 1040. The Labute approximate surface area is 418 Å². The van der Waals surface area contributed by atoms with Gasteiger partial charge in [0.1, 0.15) is 0 Å². The van der Waals surface area contributed by atoms with Crippen LogP contribution in [0.3, 0.4) is 0 Å². The lowest BCUT2D eigenvalue weighted by Crippen LogP contribution is -2.45. The van der Waals surface area contributed by atoms with Crippen LogP contribution < -0.4 is 5.32 Å². The van der Waals surface area contributed by atoms with E-state index in [-0.39, 0.29) is 18.5 Å². The largest absolute Gasteiger partial charge is 0.466 e. The van der Waals surface area contributed by atoms with E-state index in [0.717, 1.165) is 70.6 Å². The maximum absolute atomic E-state index is 12.5. The lowest BCUT2D eigenvalue weighted by atomic mass is 10.0. The average Bonchev–Trinajstić information content (AvgIpc) is 3.33. The van der Waals surface area contributed by atoms with Gasteiger partial charge in [-0.3, -0.25) is 9.59 Å². The summed E-state index contributed by atoms with van der Waals surface area (Å²) < 4.78 is 5.46. The number of allylic oxidation sites excluding steroid dienone is 4. The summed E-state index contributed by atoms with van der Waals surface area (Å²) in [6, 6.07) is -0.558. The Morgan fingerprint density at radius 2 is 0.746 bits per heavy atom. The normalized spacial score (nSPS) is 12.7. The van der Waals surface area contributed by atoms with E-state index in [0.29, 0.717) is 25.9 Å². The number of aliphatic hydroxyl groups is 2. The Balaban J connectivity index is 3.46. The highest BCUT2D eigenvalue weighted by atomic mass is 16.5. The molecule has 2 atom stereocenters. The van der Waals surface area contributed by atoms with Gasteiger partial charge in [0.25, 0.3) is 0 Å². The predicted octanol–water partition coefficient (Wildman–Crippen LogP) is 18.6. The van der Waals surface area contributed by atoms with E-state index >= 15 is 0 Å². The first-order valence-corrected chi connectivity index (χ1v) is 30.1. The maximum Gasteiger partial charge on any atom is 0.305 e. The van der Waals surface area contributed by atoms with E-state index < -0.39 is 12.1 Å². The summed E-state index contributed by atoms with van der Waals surface area (Å²) in [6.07, 6.45) is 68.8. The van der Waals surface area contributed by atoms with Crippen LogP contribution in [-0.2, 0) is 14.3 Å². The van der Waals surface area contributed by atoms with Crippen molar-refractivity contribution in [2.45, 2.75) is 341 Å². The zero-order chi connectivity index (χ0) is 48.6. The monoisotopic (exact) mass is 944 g/mol. The summed E-state index contributed by atoms with van der Waals surface area (Å²) in [6.45, 7) is 4.90. The van der Waals surface area contributed by atoms with Gasteiger partial charge < -0.3 is 20.3 Å². The highest BCUT2D eigenvalue weighted by Crippen LogP contribution is 2.18. The lowest BCUT2D eigenvalue weighted by molar-refractivity contribution is -0.143. The van der Waals surface area contributed by atoms with E-state index in [2.05, 4.69) is 43.5 Å². The van der Waals surface area contributed by atoms with Gasteiger partial charge in [0.15, 0.2) is 0 Å². The molecule has 6 heteroatoms. The fourth-order valence-electron chi connectivity index (χ4n) is 9.38. The highest BCUT2D eigenvalue weighted by Gasteiger charge is 2.20. The number of rotatable bonds is 56. The minimum Gasteiger partial charge on any atom is -0.466 e. The summed E-state index contributed by atoms with van der Waals surface area (Å²) in [5.74, 6) is -0.0780. The van der Waals surface area contributed by atoms with Crippen molar-refractivity contribution >= 4 is 11.9 Å². The van der Waals surface area contributed by atoms with Crippen molar-refractivity contribution in [3.8, 4) is 0 Å². The standard InChI is InChI=1S/C61H117NO5/c1-3-5-7-9-11-13-15-17-19-20-21-22-23-24-25-26-27-29-30-33-37-41-45-49-53-59(64)58(57-63)62-60(65)54-50-46-42-38-34-32-36-40-44-48-52-56-67-61(66)55-51-47-43-39-35-31-28-18-16-14-12-10-8-6-4-2/h12,14,18,28,58-59,63-64H,3-11,13,15-17,19-27,29-57H2,1-2H3,(H,62,65)/b14-12-,28-18-. The van der Waals surface area contributed by atoms with Gasteiger partial charge in [-0.25, -0.2) is 0 Å². The molecule has 0 aliphatic heterocycles. The number of esters is 1. The first-order chi connectivity index (χ1) is 33.0. The van der Waals surface area contributed by atoms with Gasteiger partial charge in [-0.05, 0) is 57.8 Å². The van der Waals surface area contributed by atoms with Gasteiger partial charge in [0.05, 0.1) is 25.4 Å². The van der Waals surface area contributed by atoms with Crippen molar-refractivity contribution in [1.29, 1.82) is 0 Å². The fourth-order valence-corrected chi connectivity index (χ4v) is 9.38. The molecule has 0 fully saturated rings. The van der Waals surface area contributed by atoms with Crippen molar-refractivity contribution in [3.63, 3.8) is 0 Å². The third kappa shape index (κ3) is 53.5. The molecule has 67 heavy (non-hydrogen) atoms. The van der Waals surface area contributed by atoms with Gasteiger partial charge in [-0.2, -0.15) is 0 Å². The Morgan fingerprint density at radius 1 is 0.418 bits per heavy atom. The molecule has 0 aromatic heterocycles. The topological polar surface area (TPSA) is 95.9 Å². The predicted molar refractivity (Wildman–Crippen MR) is 292 cm³/mol. The molecule has 1 amide bonds. The minimum atomic E-state index is -0.679. The van der Waals surface area contributed by atoms with Gasteiger partial charge in [-0.1, -0.05) is 282 Å². The van der Waals surface area contributed by atoms with Crippen molar-refractivity contribution in [2.24, 2.45) is 0 Å². The Kier molecular flexibility index (Phi) is 55.5. The number of unbranched alkanes of at least 4 members (excludes halogenated alkanes) is 41. The van der Waals surface area contributed by atoms with E-state index in [4.69, 9.17) is 4.74 Å². The SMILES string of the molecule is CCCCC/C=C\C/C=C\CCCCCCCC(=O)OCCCCCCCCCCCCCC(=O)NC(CO)C(O)CCCCCCCCCCCCCCCCCCCCCCCCCC. The van der Waals surface area contributed by atoms with Crippen LogP contribution in [0.15, 0.2) is 24.3 Å². The first kappa shape index (κ1) is 65.3.